The highest BCUT2D eigenvalue weighted by molar-refractivity contribution is 9.10. The zero-order valence-corrected chi connectivity index (χ0v) is 25.0. The van der Waals surface area contributed by atoms with Gasteiger partial charge in [-0.1, -0.05) is 33.6 Å². The van der Waals surface area contributed by atoms with Gasteiger partial charge in [-0.3, -0.25) is 9.69 Å². The first-order valence-corrected chi connectivity index (χ1v) is 15.5. The number of carbonyl (C=O) groups is 2. The van der Waals surface area contributed by atoms with E-state index in [1.54, 1.807) is 0 Å². The van der Waals surface area contributed by atoms with Crippen LogP contribution >= 0.6 is 27.5 Å². The number of amides is 1. The molecule has 2 aromatic carbocycles. The molecule has 0 radical (unpaired) electrons. The fraction of sp³-hybridized carbons (Fsp3) is 0.462. The van der Waals surface area contributed by atoms with Crippen LogP contribution in [0.2, 0.25) is 5.02 Å². The summed E-state index contributed by atoms with van der Waals surface area (Å²) in [5.41, 5.74) is 1.59. The summed E-state index contributed by atoms with van der Waals surface area (Å²) in [4.78, 5) is 23.5. The number of rotatable bonds is 8. The first-order valence-electron chi connectivity index (χ1n) is 12.5. The van der Waals surface area contributed by atoms with E-state index in [-0.39, 0.29) is 11.5 Å². The van der Waals surface area contributed by atoms with Gasteiger partial charge in [0.1, 0.15) is 11.6 Å². The van der Waals surface area contributed by atoms with Crippen molar-refractivity contribution in [2.45, 2.75) is 44.3 Å². The third-order valence-corrected chi connectivity index (χ3v) is 7.87. The summed E-state index contributed by atoms with van der Waals surface area (Å²) in [5.74, 6) is -3.52. The second kappa shape index (κ2) is 13.7. The van der Waals surface area contributed by atoms with E-state index in [1.807, 2.05) is 22.9 Å². The molecule has 2 N–H and O–H groups in total. The quantitative estimate of drug-likeness (QED) is 0.341. The highest BCUT2D eigenvalue weighted by atomic mass is 79.9. The normalized spacial score (nSPS) is 16.5. The molecule has 2 aliphatic rings. The van der Waals surface area contributed by atoms with Crippen LogP contribution in [-0.4, -0.2) is 62.4 Å². The number of carbonyl (C=O) groups excluding carboxylic acids is 1. The third kappa shape index (κ3) is 10.4. The minimum absolute atomic E-state index is 0.206. The summed E-state index contributed by atoms with van der Waals surface area (Å²) in [6.07, 6.45) is -0.423. The van der Waals surface area contributed by atoms with Gasteiger partial charge in [-0.2, -0.15) is 13.2 Å². The van der Waals surface area contributed by atoms with Gasteiger partial charge in [-0.25, -0.2) is 22.3 Å². The van der Waals surface area contributed by atoms with E-state index in [0.29, 0.717) is 18.3 Å². The summed E-state index contributed by atoms with van der Waals surface area (Å²) >= 11 is 9.78. The number of aliphatic carboxylic acids is 1. The van der Waals surface area contributed by atoms with Gasteiger partial charge < -0.3 is 9.84 Å². The largest absolute Gasteiger partial charge is 0.493 e. The van der Waals surface area contributed by atoms with Crippen LogP contribution in [0.25, 0.3) is 0 Å². The Labute approximate surface area is 248 Å². The molecule has 1 amide bonds. The van der Waals surface area contributed by atoms with E-state index < -0.39 is 33.9 Å². The molecule has 0 atom stereocenters. The molecule has 2 aromatic rings. The Morgan fingerprint density at radius 1 is 1.15 bits per heavy atom. The average molecular weight is 688 g/mol. The molecule has 15 heteroatoms. The van der Waals surface area contributed by atoms with Crippen LogP contribution in [0.15, 0.2) is 34.8 Å². The van der Waals surface area contributed by atoms with Crippen molar-refractivity contribution in [2.24, 2.45) is 5.92 Å². The zero-order valence-electron chi connectivity index (χ0n) is 21.8. The van der Waals surface area contributed by atoms with E-state index in [4.69, 9.17) is 26.2 Å². The van der Waals surface area contributed by atoms with Gasteiger partial charge in [0.2, 0.25) is 10.0 Å². The topological polar surface area (TPSA) is 113 Å². The van der Waals surface area contributed by atoms with Crippen LogP contribution in [-0.2, 0) is 21.4 Å². The van der Waals surface area contributed by atoms with Crippen LogP contribution in [0.3, 0.4) is 0 Å². The van der Waals surface area contributed by atoms with Crippen LogP contribution < -0.4 is 9.46 Å². The SMILES string of the molecule is CS(=O)(=O)NC(=O)c1cc(C2CC2)c(OCC2CCN(Cc3ccc(Br)cc3Cl)CC2)cc1F.O=C(O)C(F)(F)F. The second-order valence-electron chi connectivity index (χ2n) is 9.92. The van der Waals surface area contributed by atoms with Gasteiger partial charge in [0.05, 0.1) is 18.4 Å². The van der Waals surface area contributed by atoms with Crippen molar-refractivity contribution in [2.75, 3.05) is 26.0 Å². The fourth-order valence-corrected chi connectivity index (χ4v) is 5.40. The minimum atomic E-state index is -5.08. The monoisotopic (exact) mass is 686 g/mol. The Morgan fingerprint density at radius 3 is 2.27 bits per heavy atom. The summed E-state index contributed by atoms with van der Waals surface area (Å²) in [6.45, 7) is 3.12. The molecule has 0 spiro atoms. The summed E-state index contributed by atoms with van der Waals surface area (Å²) in [7, 11) is -3.78. The minimum Gasteiger partial charge on any atom is -0.493 e. The molecule has 1 heterocycles. The van der Waals surface area contributed by atoms with Gasteiger partial charge >= 0.3 is 12.1 Å². The maximum absolute atomic E-state index is 14.7. The Kier molecular flexibility index (Phi) is 11.1. The van der Waals surface area contributed by atoms with Crippen molar-refractivity contribution in [3.05, 3.63) is 62.3 Å². The molecule has 2 fully saturated rings. The molecule has 1 aliphatic carbocycles. The number of hydrogen-bond donors (Lipinski definition) is 2. The first-order chi connectivity index (χ1) is 19.0. The van der Waals surface area contributed by atoms with E-state index in [2.05, 4.69) is 20.8 Å². The molecule has 0 unspecified atom stereocenters. The standard InChI is InChI=1S/C24H27BrClFN2O4S.C2HF3O2/c1-34(31,32)28-24(30)20-11-19(16-2-3-16)23(12-22(20)27)33-14-15-6-8-29(9-7-15)13-17-4-5-18(25)10-21(17)26;3-2(4,5)1(6)7/h4-5,10-12,15-16H,2-3,6-9,13-14H2,1H3,(H,28,30);(H,6,7). The molecular formula is C26H28BrClF4N2O6S. The van der Waals surface area contributed by atoms with Gasteiger partial charge in [-0.05, 0) is 79.9 Å². The van der Waals surface area contributed by atoms with Crippen molar-refractivity contribution in [1.82, 2.24) is 9.62 Å². The molecule has 226 valence electrons. The molecular weight excluding hydrogens is 660 g/mol. The first kappa shape index (κ1) is 33.1. The predicted molar refractivity (Wildman–Crippen MR) is 147 cm³/mol. The maximum Gasteiger partial charge on any atom is 0.490 e. The summed E-state index contributed by atoms with van der Waals surface area (Å²) < 4.78 is 78.0. The maximum atomic E-state index is 14.7. The van der Waals surface area contributed by atoms with Crippen LogP contribution in [0.5, 0.6) is 5.75 Å². The number of nitrogens with one attached hydrogen (secondary N) is 1. The Balaban J connectivity index is 0.000000587. The Morgan fingerprint density at radius 2 is 1.76 bits per heavy atom. The van der Waals surface area contributed by atoms with E-state index in [9.17, 15) is 30.8 Å². The number of nitrogens with zero attached hydrogens (tertiary/aromatic N) is 1. The molecule has 8 nitrogen and oxygen atoms in total. The number of alkyl halides is 3. The van der Waals surface area contributed by atoms with Gasteiger partial charge in [0.25, 0.3) is 5.91 Å². The Hall–Kier alpha value is -2.42. The lowest BCUT2D eigenvalue weighted by Gasteiger charge is -2.32. The number of halogens is 6. The van der Waals surface area contributed by atoms with Gasteiger partial charge in [0, 0.05) is 22.1 Å². The number of sulfonamides is 1. The molecule has 1 saturated heterocycles. The average Bonchev–Trinajstić information content (AvgIpc) is 3.69. The number of carboxylic acid groups (broad SMARTS) is 1. The van der Waals surface area contributed by atoms with Crippen molar-refractivity contribution in [3.63, 3.8) is 0 Å². The van der Waals surface area contributed by atoms with Crippen molar-refractivity contribution in [1.29, 1.82) is 0 Å². The van der Waals surface area contributed by atoms with E-state index in [1.165, 1.54) is 12.1 Å². The lowest BCUT2D eigenvalue weighted by molar-refractivity contribution is -0.192. The summed E-state index contributed by atoms with van der Waals surface area (Å²) in [6, 6.07) is 8.59. The zero-order chi connectivity index (χ0) is 30.5. The molecule has 4 rings (SSSR count). The number of likely N-dealkylation sites (tertiary alicyclic amines) is 1. The number of carboxylic acids is 1. The molecule has 0 aromatic heterocycles. The Bertz CT molecular complexity index is 1380. The molecule has 41 heavy (non-hydrogen) atoms. The van der Waals surface area contributed by atoms with Crippen molar-refractivity contribution >= 4 is 49.4 Å². The molecule has 1 saturated carbocycles. The number of ether oxygens (including phenoxy) is 1. The molecule has 0 bridgehead atoms. The lowest BCUT2D eigenvalue weighted by atomic mass is 9.97. The van der Waals surface area contributed by atoms with Crippen LogP contribution in [0, 0.1) is 11.7 Å². The third-order valence-electron chi connectivity index (χ3n) is 6.47. The van der Waals surface area contributed by atoms with E-state index in [0.717, 1.165) is 72.2 Å². The van der Waals surface area contributed by atoms with Crippen molar-refractivity contribution in [3.8, 4) is 5.75 Å². The number of hydrogen-bond acceptors (Lipinski definition) is 6. The molecule has 1 aliphatic heterocycles. The fourth-order valence-electron chi connectivity index (χ4n) is 4.22. The lowest BCUT2D eigenvalue weighted by Crippen LogP contribution is -2.35. The second-order valence-corrected chi connectivity index (χ2v) is 13.0. The highest BCUT2D eigenvalue weighted by Crippen LogP contribution is 2.45. The van der Waals surface area contributed by atoms with Crippen molar-refractivity contribution < 1.29 is 45.4 Å². The summed E-state index contributed by atoms with van der Waals surface area (Å²) in [5, 5.41) is 7.88. The van der Waals surface area contributed by atoms with Gasteiger partial charge in [0.15, 0.2) is 0 Å². The predicted octanol–water partition coefficient (Wildman–Crippen LogP) is 5.73. The number of piperidine rings is 1. The number of benzene rings is 2. The smallest absolute Gasteiger partial charge is 0.490 e. The van der Waals surface area contributed by atoms with Crippen LogP contribution in [0.4, 0.5) is 17.6 Å². The highest BCUT2D eigenvalue weighted by Gasteiger charge is 2.38. The van der Waals surface area contributed by atoms with Crippen LogP contribution in [0.1, 0.15) is 53.1 Å². The van der Waals surface area contributed by atoms with Gasteiger partial charge in [-0.15, -0.1) is 0 Å². The van der Waals surface area contributed by atoms with E-state index >= 15 is 0 Å².